The van der Waals surface area contributed by atoms with Gasteiger partial charge in [-0.2, -0.15) is 0 Å². The van der Waals surface area contributed by atoms with E-state index < -0.39 is 0 Å². The second-order valence-electron chi connectivity index (χ2n) is 6.84. The highest BCUT2D eigenvalue weighted by molar-refractivity contribution is 6.30. The number of rotatable bonds is 4. The minimum atomic E-state index is 0.0384. The van der Waals surface area contributed by atoms with E-state index in [0.717, 1.165) is 63.4 Å². The molecule has 1 N–H and O–H groups in total. The molecular formula is C19H28ClN3O. The molecule has 132 valence electrons. The van der Waals surface area contributed by atoms with Crippen LogP contribution in [-0.4, -0.2) is 49.6 Å². The van der Waals surface area contributed by atoms with E-state index in [1.807, 2.05) is 11.0 Å². The molecule has 3 rings (SSSR count). The fraction of sp³-hybridized carbons (Fsp3) is 0.632. The number of benzene rings is 1. The van der Waals surface area contributed by atoms with Crippen LogP contribution in [0.5, 0.6) is 0 Å². The summed E-state index contributed by atoms with van der Waals surface area (Å²) in [5.41, 5.74) is 2.60. The van der Waals surface area contributed by atoms with E-state index in [9.17, 15) is 4.79 Å². The molecule has 2 aliphatic rings. The highest BCUT2D eigenvalue weighted by Gasteiger charge is 2.28. The molecule has 2 saturated heterocycles. The largest absolute Gasteiger partial charge is 0.368 e. The Morgan fingerprint density at radius 2 is 2.04 bits per heavy atom. The fourth-order valence-corrected chi connectivity index (χ4v) is 3.98. The molecule has 0 bridgehead atoms. The highest BCUT2D eigenvalue weighted by atomic mass is 35.5. The average Bonchev–Trinajstić information content (AvgIpc) is 2.63. The van der Waals surface area contributed by atoms with Crippen molar-refractivity contribution in [1.29, 1.82) is 0 Å². The van der Waals surface area contributed by atoms with E-state index in [4.69, 9.17) is 11.6 Å². The Balaban J connectivity index is 1.61. The van der Waals surface area contributed by atoms with Crippen molar-refractivity contribution in [3.05, 3.63) is 28.8 Å². The standard InChI is InChI=1S/C19H28ClN3O/c1-2-5-15-14-16(20)7-8-18(15)22-10-12-23(13-11-22)19(24)17-6-3-4-9-21-17/h7-8,14,17,21H,2-6,9-13H2,1H3. The summed E-state index contributed by atoms with van der Waals surface area (Å²) in [6.07, 6.45) is 5.49. The van der Waals surface area contributed by atoms with Gasteiger partial charge in [-0.3, -0.25) is 4.79 Å². The number of piperidine rings is 1. The van der Waals surface area contributed by atoms with E-state index >= 15 is 0 Å². The molecule has 1 amide bonds. The lowest BCUT2D eigenvalue weighted by Crippen LogP contribution is -2.55. The molecule has 1 aromatic rings. The van der Waals surface area contributed by atoms with Crippen LogP contribution in [0.4, 0.5) is 5.69 Å². The third-order valence-corrected chi connectivity index (χ3v) is 5.34. The summed E-state index contributed by atoms with van der Waals surface area (Å²) in [7, 11) is 0. The molecule has 0 spiro atoms. The predicted octanol–water partition coefficient (Wildman–Crippen LogP) is 3.08. The molecule has 0 saturated carbocycles. The molecule has 24 heavy (non-hydrogen) atoms. The van der Waals surface area contributed by atoms with Gasteiger partial charge in [-0.1, -0.05) is 31.4 Å². The molecule has 1 unspecified atom stereocenters. The lowest BCUT2D eigenvalue weighted by molar-refractivity contribution is -0.134. The second kappa shape index (κ2) is 8.21. The van der Waals surface area contributed by atoms with Crippen molar-refractivity contribution < 1.29 is 4.79 Å². The van der Waals surface area contributed by atoms with Crippen LogP contribution in [-0.2, 0) is 11.2 Å². The van der Waals surface area contributed by atoms with E-state index in [2.05, 4.69) is 29.3 Å². The number of hydrogen-bond acceptors (Lipinski definition) is 3. The van der Waals surface area contributed by atoms with Crippen molar-refractivity contribution in [2.75, 3.05) is 37.6 Å². The van der Waals surface area contributed by atoms with Gasteiger partial charge in [0.2, 0.25) is 5.91 Å². The zero-order chi connectivity index (χ0) is 16.9. The lowest BCUT2D eigenvalue weighted by Gasteiger charge is -2.39. The first kappa shape index (κ1) is 17.6. The fourth-order valence-electron chi connectivity index (χ4n) is 3.78. The van der Waals surface area contributed by atoms with E-state index in [-0.39, 0.29) is 6.04 Å². The third kappa shape index (κ3) is 4.04. The summed E-state index contributed by atoms with van der Waals surface area (Å²) >= 11 is 6.16. The summed E-state index contributed by atoms with van der Waals surface area (Å²) in [4.78, 5) is 17.1. The first-order valence-electron chi connectivity index (χ1n) is 9.24. The third-order valence-electron chi connectivity index (χ3n) is 5.10. The van der Waals surface area contributed by atoms with Gasteiger partial charge in [0.15, 0.2) is 0 Å². The SMILES string of the molecule is CCCc1cc(Cl)ccc1N1CCN(C(=O)C2CCCCN2)CC1. The maximum absolute atomic E-state index is 12.6. The molecule has 0 radical (unpaired) electrons. The van der Waals surface area contributed by atoms with Crippen molar-refractivity contribution in [3.63, 3.8) is 0 Å². The first-order valence-corrected chi connectivity index (χ1v) is 9.62. The van der Waals surface area contributed by atoms with Crippen LogP contribution in [0.3, 0.4) is 0 Å². The van der Waals surface area contributed by atoms with Crippen molar-refractivity contribution >= 4 is 23.2 Å². The molecule has 2 heterocycles. The first-order chi connectivity index (χ1) is 11.7. The van der Waals surface area contributed by atoms with Crippen molar-refractivity contribution in [2.24, 2.45) is 0 Å². The Morgan fingerprint density at radius 1 is 1.25 bits per heavy atom. The van der Waals surface area contributed by atoms with Crippen LogP contribution >= 0.6 is 11.6 Å². The summed E-state index contributed by atoms with van der Waals surface area (Å²) in [5.74, 6) is 0.291. The van der Waals surface area contributed by atoms with E-state index in [0.29, 0.717) is 5.91 Å². The minimum Gasteiger partial charge on any atom is -0.368 e. The number of carbonyl (C=O) groups excluding carboxylic acids is 1. The maximum atomic E-state index is 12.6. The Bertz CT molecular complexity index is 564. The number of aryl methyl sites for hydroxylation is 1. The second-order valence-corrected chi connectivity index (χ2v) is 7.27. The number of hydrogen-bond donors (Lipinski definition) is 1. The summed E-state index contributed by atoms with van der Waals surface area (Å²) in [5, 5.41) is 4.18. The van der Waals surface area contributed by atoms with Gasteiger partial charge < -0.3 is 15.1 Å². The van der Waals surface area contributed by atoms with Crippen LogP contribution in [0.15, 0.2) is 18.2 Å². The topological polar surface area (TPSA) is 35.6 Å². The lowest BCUT2D eigenvalue weighted by atomic mass is 10.0. The quantitative estimate of drug-likeness (QED) is 0.907. The summed E-state index contributed by atoms with van der Waals surface area (Å²) in [6, 6.07) is 6.23. The van der Waals surface area contributed by atoms with Gasteiger partial charge in [-0.25, -0.2) is 0 Å². The van der Waals surface area contributed by atoms with Crippen LogP contribution in [0.2, 0.25) is 5.02 Å². The van der Waals surface area contributed by atoms with Crippen LogP contribution in [0, 0.1) is 0 Å². The molecule has 2 fully saturated rings. The number of amides is 1. The zero-order valence-electron chi connectivity index (χ0n) is 14.6. The predicted molar refractivity (Wildman–Crippen MR) is 99.9 cm³/mol. The molecule has 2 aliphatic heterocycles. The zero-order valence-corrected chi connectivity index (χ0v) is 15.3. The molecule has 0 aromatic heterocycles. The van der Waals surface area contributed by atoms with Gasteiger partial charge in [0.25, 0.3) is 0 Å². The summed E-state index contributed by atoms with van der Waals surface area (Å²) < 4.78 is 0. The van der Waals surface area contributed by atoms with Gasteiger partial charge >= 0.3 is 0 Å². The average molecular weight is 350 g/mol. The van der Waals surface area contributed by atoms with Gasteiger partial charge in [0.05, 0.1) is 6.04 Å². The number of anilines is 1. The Kier molecular flexibility index (Phi) is 6.01. The molecule has 4 nitrogen and oxygen atoms in total. The Morgan fingerprint density at radius 3 is 2.71 bits per heavy atom. The highest BCUT2D eigenvalue weighted by Crippen LogP contribution is 2.27. The number of halogens is 1. The normalized spacial score (nSPS) is 21.8. The number of piperazine rings is 1. The monoisotopic (exact) mass is 349 g/mol. The van der Waals surface area contributed by atoms with Crippen LogP contribution in [0.25, 0.3) is 0 Å². The number of carbonyl (C=O) groups is 1. The van der Waals surface area contributed by atoms with E-state index in [1.54, 1.807) is 0 Å². The van der Waals surface area contributed by atoms with Gasteiger partial charge in [-0.05, 0) is 49.6 Å². The van der Waals surface area contributed by atoms with Gasteiger partial charge in [-0.15, -0.1) is 0 Å². The molecule has 1 atom stereocenters. The molecule has 5 heteroatoms. The smallest absolute Gasteiger partial charge is 0.239 e. The van der Waals surface area contributed by atoms with Crippen molar-refractivity contribution in [1.82, 2.24) is 10.2 Å². The number of nitrogens with one attached hydrogen (secondary N) is 1. The summed E-state index contributed by atoms with van der Waals surface area (Å²) in [6.45, 7) is 6.59. The van der Waals surface area contributed by atoms with Crippen molar-refractivity contribution in [3.8, 4) is 0 Å². The minimum absolute atomic E-state index is 0.0384. The van der Waals surface area contributed by atoms with Crippen molar-refractivity contribution in [2.45, 2.75) is 45.1 Å². The molecule has 0 aliphatic carbocycles. The molecule has 1 aromatic carbocycles. The van der Waals surface area contributed by atoms with Crippen LogP contribution in [0.1, 0.15) is 38.2 Å². The van der Waals surface area contributed by atoms with Gasteiger partial charge in [0.1, 0.15) is 0 Å². The Labute approximate surface area is 150 Å². The maximum Gasteiger partial charge on any atom is 0.239 e. The van der Waals surface area contributed by atoms with Crippen LogP contribution < -0.4 is 10.2 Å². The number of nitrogens with zero attached hydrogens (tertiary/aromatic N) is 2. The molecular weight excluding hydrogens is 322 g/mol. The Hall–Kier alpha value is -1.26. The van der Waals surface area contributed by atoms with Gasteiger partial charge in [0, 0.05) is 36.9 Å². The van der Waals surface area contributed by atoms with E-state index in [1.165, 1.54) is 17.7 Å².